The van der Waals surface area contributed by atoms with Crippen molar-refractivity contribution >= 4 is 11.3 Å². The highest BCUT2D eigenvalue weighted by Gasteiger charge is 2.26. The van der Waals surface area contributed by atoms with Crippen LogP contribution in [0.3, 0.4) is 0 Å². The first kappa shape index (κ1) is 8.97. The van der Waals surface area contributed by atoms with Gasteiger partial charge in [-0.25, -0.2) is 15.0 Å². The fourth-order valence-electron chi connectivity index (χ4n) is 1.55. The first-order valence-corrected chi connectivity index (χ1v) is 5.96. The van der Waals surface area contributed by atoms with Gasteiger partial charge in [0.05, 0.1) is 5.69 Å². The summed E-state index contributed by atoms with van der Waals surface area (Å²) < 4.78 is 0. The lowest BCUT2D eigenvalue weighted by Crippen LogP contribution is -1.89. The van der Waals surface area contributed by atoms with E-state index in [0.717, 1.165) is 22.4 Å². The number of hydrogen-bond acceptors (Lipinski definition) is 4. The molecule has 1 aliphatic carbocycles. The highest BCUT2D eigenvalue weighted by atomic mass is 32.1. The molecule has 3 nitrogen and oxygen atoms in total. The lowest BCUT2D eigenvalue weighted by atomic mass is 10.3. The highest BCUT2D eigenvalue weighted by molar-refractivity contribution is 7.13. The van der Waals surface area contributed by atoms with Gasteiger partial charge in [-0.1, -0.05) is 0 Å². The molecule has 76 valence electrons. The standard InChI is InChI=1S/C11H11N3S/c1-7-12-5-4-9(13-7)11-14-10(6-15-11)8-2-3-8/h4-6,8H,2-3H2,1H3. The van der Waals surface area contributed by atoms with Crippen LogP contribution in [0.5, 0.6) is 0 Å². The van der Waals surface area contributed by atoms with Crippen LogP contribution in [0, 0.1) is 6.92 Å². The largest absolute Gasteiger partial charge is 0.242 e. The fourth-order valence-corrected chi connectivity index (χ4v) is 2.42. The van der Waals surface area contributed by atoms with Gasteiger partial charge in [0.1, 0.15) is 16.5 Å². The summed E-state index contributed by atoms with van der Waals surface area (Å²) in [5.41, 5.74) is 2.19. The van der Waals surface area contributed by atoms with Gasteiger partial charge in [-0.3, -0.25) is 0 Å². The van der Waals surface area contributed by atoms with E-state index in [1.54, 1.807) is 17.5 Å². The first-order chi connectivity index (χ1) is 7.33. The minimum atomic E-state index is 0.720. The third-order valence-corrected chi connectivity index (χ3v) is 3.40. The van der Waals surface area contributed by atoms with Crippen molar-refractivity contribution in [3.05, 3.63) is 29.2 Å². The molecule has 2 heterocycles. The summed E-state index contributed by atoms with van der Waals surface area (Å²) in [5, 5.41) is 3.17. The summed E-state index contributed by atoms with van der Waals surface area (Å²) in [6.45, 7) is 1.90. The van der Waals surface area contributed by atoms with Crippen LogP contribution < -0.4 is 0 Å². The van der Waals surface area contributed by atoms with Crippen molar-refractivity contribution in [2.75, 3.05) is 0 Å². The van der Waals surface area contributed by atoms with E-state index in [4.69, 9.17) is 0 Å². The van der Waals surface area contributed by atoms with Crippen LogP contribution in [0.1, 0.15) is 30.3 Å². The van der Waals surface area contributed by atoms with E-state index in [9.17, 15) is 0 Å². The molecule has 0 spiro atoms. The van der Waals surface area contributed by atoms with E-state index in [-0.39, 0.29) is 0 Å². The van der Waals surface area contributed by atoms with Gasteiger partial charge in [-0.15, -0.1) is 11.3 Å². The third-order valence-electron chi connectivity index (χ3n) is 2.51. The van der Waals surface area contributed by atoms with Crippen molar-refractivity contribution in [1.82, 2.24) is 15.0 Å². The molecule has 0 atom stereocenters. The normalized spacial score (nSPS) is 15.5. The number of aromatic nitrogens is 3. The molecule has 1 fully saturated rings. The van der Waals surface area contributed by atoms with Crippen LogP contribution in [-0.4, -0.2) is 15.0 Å². The summed E-state index contributed by atoms with van der Waals surface area (Å²) in [4.78, 5) is 13.1. The van der Waals surface area contributed by atoms with E-state index in [2.05, 4.69) is 20.3 Å². The first-order valence-electron chi connectivity index (χ1n) is 5.08. The molecule has 0 aromatic carbocycles. The summed E-state index contributed by atoms with van der Waals surface area (Å²) >= 11 is 1.68. The Bertz CT molecular complexity index is 488. The average Bonchev–Trinajstić information content (AvgIpc) is 2.97. The Morgan fingerprint density at radius 2 is 2.20 bits per heavy atom. The van der Waals surface area contributed by atoms with Crippen LogP contribution >= 0.6 is 11.3 Å². The highest BCUT2D eigenvalue weighted by Crippen LogP contribution is 2.41. The van der Waals surface area contributed by atoms with Crippen molar-refractivity contribution in [2.24, 2.45) is 0 Å². The van der Waals surface area contributed by atoms with Crippen LogP contribution in [0.4, 0.5) is 0 Å². The Labute approximate surface area is 92.2 Å². The van der Waals surface area contributed by atoms with Crippen LogP contribution in [0.25, 0.3) is 10.7 Å². The van der Waals surface area contributed by atoms with Gasteiger partial charge in [0.15, 0.2) is 0 Å². The zero-order valence-corrected chi connectivity index (χ0v) is 9.29. The van der Waals surface area contributed by atoms with Crippen molar-refractivity contribution < 1.29 is 0 Å². The van der Waals surface area contributed by atoms with Gasteiger partial charge in [-0.05, 0) is 25.8 Å². The van der Waals surface area contributed by atoms with E-state index in [1.807, 2.05) is 13.0 Å². The van der Waals surface area contributed by atoms with Gasteiger partial charge in [-0.2, -0.15) is 0 Å². The molecule has 15 heavy (non-hydrogen) atoms. The summed E-state index contributed by atoms with van der Waals surface area (Å²) in [6.07, 6.45) is 4.38. The zero-order valence-electron chi connectivity index (χ0n) is 8.47. The SMILES string of the molecule is Cc1nccc(-c2nc(C3CC3)cs2)n1. The number of aryl methyl sites for hydroxylation is 1. The smallest absolute Gasteiger partial charge is 0.142 e. The second-order valence-corrected chi connectivity index (χ2v) is 4.70. The van der Waals surface area contributed by atoms with Gasteiger partial charge < -0.3 is 0 Å². The molecular weight excluding hydrogens is 206 g/mol. The lowest BCUT2D eigenvalue weighted by molar-refractivity contribution is 1.03. The van der Waals surface area contributed by atoms with Crippen molar-refractivity contribution in [3.8, 4) is 10.7 Å². The number of nitrogens with zero attached hydrogens (tertiary/aromatic N) is 3. The maximum absolute atomic E-state index is 4.61. The Morgan fingerprint density at radius 1 is 1.33 bits per heavy atom. The van der Waals surface area contributed by atoms with E-state index >= 15 is 0 Å². The summed E-state index contributed by atoms with van der Waals surface area (Å²) in [7, 11) is 0. The minimum absolute atomic E-state index is 0.720. The Morgan fingerprint density at radius 3 is 2.93 bits per heavy atom. The molecule has 0 amide bonds. The Kier molecular flexibility index (Phi) is 2.02. The van der Waals surface area contributed by atoms with Crippen molar-refractivity contribution in [1.29, 1.82) is 0 Å². The molecule has 4 heteroatoms. The third kappa shape index (κ3) is 1.77. The van der Waals surface area contributed by atoms with Gasteiger partial charge in [0.25, 0.3) is 0 Å². The molecule has 2 aromatic heterocycles. The molecule has 0 radical (unpaired) electrons. The monoisotopic (exact) mass is 217 g/mol. The topological polar surface area (TPSA) is 38.7 Å². The predicted molar refractivity (Wildman–Crippen MR) is 59.9 cm³/mol. The van der Waals surface area contributed by atoms with Crippen molar-refractivity contribution in [3.63, 3.8) is 0 Å². The van der Waals surface area contributed by atoms with Crippen LogP contribution in [0.15, 0.2) is 17.6 Å². The van der Waals surface area contributed by atoms with Crippen LogP contribution in [0.2, 0.25) is 0 Å². The number of rotatable bonds is 2. The minimum Gasteiger partial charge on any atom is -0.242 e. The number of hydrogen-bond donors (Lipinski definition) is 0. The lowest BCUT2D eigenvalue weighted by Gasteiger charge is -1.95. The molecule has 1 aliphatic rings. The van der Waals surface area contributed by atoms with Gasteiger partial charge in [0, 0.05) is 17.5 Å². The molecule has 3 rings (SSSR count). The van der Waals surface area contributed by atoms with E-state index < -0.39 is 0 Å². The summed E-state index contributed by atoms with van der Waals surface area (Å²) in [6, 6.07) is 1.92. The second kappa shape index (κ2) is 3.38. The van der Waals surface area contributed by atoms with Crippen LogP contribution in [-0.2, 0) is 0 Å². The molecule has 0 bridgehead atoms. The molecule has 0 aliphatic heterocycles. The predicted octanol–water partition coefficient (Wildman–Crippen LogP) is 2.79. The molecule has 2 aromatic rings. The van der Waals surface area contributed by atoms with Crippen molar-refractivity contribution in [2.45, 2.75) is 25.7 Å². The second-order valence-electron chi connectivity index (χ2n) is 3.84. The average molecular weight is 217 g/mol. The maximum atomic E-state index is 4.61. The summed E-state index contributed by atoms with van der Waals surface area (Å²) in [5.74, 6) is 1.52. The maximum Gasteiger partial charge on any atom is 0.142 e. The quantitative estimate of drug-likeness (QED) is 0.776. The Balaban J connectivity index is 1.97. The van der Waals surface area contributed by atoms with Gasteiger partial charge in [0.2, 0.25) is 0 Å². The molecular formula is C11H11N3S. The van der Waals surface area contributed by atoms with E-state index in [0.29, 0.717) is 0 Å². The number of thiazole rings is 1. The molecule has 0 N–H and O–H groups in total. The molecule has 0 saturated heterocycles. The van der Waals surface area contributed by atoms with E-state index in [1.165, 1.54) is 18.5 Å². The molecule has 0 unspecified atom stereocenters. The molecule has 1 saturated carbocycles. The zero-order chi connectivity index (χ0) is 10.3. The van der Waals surface area contributed by atoms with Gasteiger partial charge >= 0.3 is 0 Å². The fraction of sp³-hybridized carbons (Fsp3) is 0.364. The Hall–Kier alpha value is -1.29.